The standard InChI is InChI=1S/C24H25F3N8O4/c1-6-28-20-18(22(38)35(11-12(2)36)23(39)34(20)5)31-14(4)21(37)33-17-7-8-29-19(32-17)15-9-16(24(25,26)27)13(3)30-10-15/h6-10,14,31H,11H2,1-5H3,(H,29,32,33,37)/t14-/m0/s1. The maximum absolute atomic E-state index is 13.3. The summed E-state index contributed by atoms with van der Waals surface area (Å²) in [4.78, 5) is 66.1. The zero-order valence-electron chi connectivity index (χ0n) is 21.6. The number of hydrogen-bond donors (Lipinski definition) is 2. The Hall–Kier alpha value is -4.69. The first-order valence-electron chi connectivity index (χ1n) is 11.5. The van der Waals surface area contributed by atoms with Crippen LogP contribution in [0.15, 0.2) is 39.1 Å². The first-order valence-corrected chi connectivity index (χ1v) is 11.5. The van der Waals surface area contributed by atoms with Crippen molar-refractivity contribution in [3.05, 3.63) is 56.6 Å². The van der Waals surface area contributed by atoms with Gasteiger partial charge in [-0.2, -0.15) is 13.2 Å². The van der Waals surface area contributed by atoms with E-state index in [1.54, 1.807) is 6.92 Å². The summed E-state index contributed by atoms with van der Waals surface area (Å²) in [7, 11) is 1.36. The number of rotatable bonds is 8. The van der Waals surface area contributed by atoms with E-state index in [0.29, 0.717) is 0 Å². The molecule has 0 unspecified atom stereocenters. The van der Waals surface area contributed by atoms with E-state index in [2.05, 4.69) is 30.6 Å². The van der Waals surface area contributed by atoms with Crippen LogP contribution in [0, 0.1) is 6.92 Å². The number of halogens is 3. The van der Waals surface area contributed by atoms with Gasteiger partial charge in [0, 0.05) is 36.9 Å². The normalized spacial score (nSPS) is 12.4. The first kappa shape index (κ1) is 28.9. The lowest BCUT2D eigenvalue weighted by Gasteiger charge is -2.18. The number of hydrogen-bond acceptors (Lipinski definition) is 9. The van der Waals surface area contributed by atoms with Crippen molar-refractivity contribution in [1.82, 2.24) is 24.1 Å². The van der Waals surface area contributed by atoms with E-state index in [0.717, 1.165) is 15.2 Å². The van der Waals surface area contributed by atoms with Crippen LogP contribution in [0.4, 0.5) is 30.5 Å². The lowest BCUT2D eigenvalue weighted by atomic mass is 10.1. The monoisotopic (exact) mass is 546 g/mol. The van der Waals surface area contributed by atoms with Crippen LogP contribution in [0.1, 0.15) is 32.0 Å². The van der Waals surface area contributed by atoms with Crippen molar-refractivity contribution >= 4 is 35.2 Å². The highest BCUT2D eigenvalue weighted by Gasteiger charge is 2.33. The Balaban J connectivity index is 1.90. The summed E-state index contributed by atoms with van der Waals surface area (Å²) < 4.78 is 41.7. The van der Waals surface area contributed by atoms with Gasteiger partial charge < -0.3 is 10.6 Å². The van der Waals surface area contributed by atoms with Crippen LogP contribution in [0.5, 0.6) is 0 Å². The first-order chi connectivity index (χ1) is 18.2. The summed E-state index contributed by atoms with van der Waals surface area (Å²) in [5.41, 5.74) is -2.94. The van der Waals surface area contributed by atoms with Gasteiger partial charge in [-0.25, -0.2) is 19.8 Å². The highest BCUT2D eigenvalue weighted by molar-refractivity contribution is 5.96. The second-order valence-corrected chi connectivity index (χ2v) is 8.50. The molecule has 1 atom stereocenters. The van der Waals surface area contributed by atoms with Gasteiger partial charge in [0.05, 0.1) is 12.1 Å². The van der Waals surface area contributed by atoms with Crippen LogP contribution >= 0.6 is 0 Å². The molecule has 0 saturated heterocycles. The number of nitrogens with zero attached hydrogens (tertiary/aromatic N) is 6. The maximum atomic E-state index is 13.3. The number of carbonyl (C=O) groups excluding carboxylic acids is 2. The van der Waals surface area contributed by atoms with Crippen LogP contribution in [0.3, 0.4) is 0 Å². The molecule has 0 fully saturated rings. The average Bonchev–Trinajstić information content (AvgIpc) is 2.86. The minimum atomic E-state index is -4.62. The largest absolute Gasteiger partial charge is 0.418 e. The predicted molar refractivity (Wildman–Crippen MR) is 137 cm³/mol. The molecule has 3 heterocycles. The van der Waals surface area contributed by atoms with E-state index >= 15 is 0 Å². The Morgan fingerprint density at radius 1 is 1.23 bits per heavy atom. The Labute approximate surface area is 219 Å². The summed E-state index contributed by atoms with van der Waals surface area (Å²) >= 11 is 0. The third-order valence-corrected chi connectivity index (χ3v) is 5.46. The van der Waals surface area contributed by atoms with Crippen molar-refractivity contribution < 1.29 is 22.8 Å². The highest BCUT2D eigenvalue weighted by Crippen LogP contribution is 2.33. The molecule has 1 amide bonds. The van der Waals surface area contributed by atoms with E-state index in [9.17, 15) is 32.3 Å². The number of carbonyl (C=O) groups is 2. The van der Waals surface area contributed by atoms with Gasteiger partial charge in [0.25, 0.3) is 5.56 Å². The number of Topliss-reactive ketones (excluding diaryl/α,β-unsaturated/α-hetero) is 1. The van der Waals surface area contributed by atoms with E-state index in [-0.39, 0.29) is 34.4 Å². The van der Waals surface area contributed by atoms with E-state index in [1.807, 2.05) is 0 Å². The molecule has 0 bridgehead atoms. The molecule has 2 N–H and O–H groups in total. The minimum Gasteiger partial charge on any atom is -0.366 e. The molecular weight excluding hydrogens is 521 g/mol. The summed E-state index contributed by atoms with van der Waals surface area (Å²) in [6.07, 6.45) is -0.821. The molecule has 12 nitrogen and oxygen atoms in total. The van der Waals surface area contributed by atoms with Gasteiger partial charge >= 0.3 is 11.9 Å². The number of aryl methyl sites for hydroxylation is 1. The number of alkyl halides is 3. The fourth-order valence-corrected chi connectivity index (χ4v) is 3.54. The number of ketones is 1. The molecule has 39 heavy (non-hydrogen) atoms. The van der Waals surface area contributed by atoms with Crippen molar-refractivity contribution in [2.75, 3.05) is 10.6 Å². The van der Waals surface area contributed by atoms with Gasteiger partial charge in [0.15, 0.2) is 11.6 Å². The van der Waals surface area contributed by atoms with Gasteiger partial charge in [-0.15, -0.1) is 0 Å². The van der Waals surface area contributed by atoms with Crippen molar-refractivity contribution in [3.8, 4) is 11.4 Å². The number of aromatic nitrogens is 5. The lowest BCUT2D eigenvalue weighted by Crippen LogP contribution is -2.43. The zero-order chi connectivity index (χ0) is 29.1. The van der Waals surface area contributed by atoms with Gasteiger partial charge in [0.2, 0.25) is 5.91 Å². The summed E-state index contributed by atoms with van der Waals surface area (Å²) in [6, 6.07) is 1.12. The average molecular weight is 547 g/mol. The van der Waals surface area contributed by atoms with Crippen LogP contribution < -0.4 is 21.9 Å². The number of amides is 1. The van der Waals surface area contributed by atoms with E-state index < -0.39 is 47.3 Å². The van der Waals surface area contributed by atoms with Crippen LogP contribution in [0.2, 0.25) is 0 Å². The molecular formula is C24H25F3N8O4. The highest BCUT2D eigenvalue weighted by atomic mass is 19.4. The second kappa shape index (κ2) is 11.4. The Morgan fingerprint density at radius 2 is 1.92 bits per heavy atom. The van der Waals surface area contributed by atoms with Crippen LogP contribution in [0.25, 0.3) is 11.4 Å². The lowest BCUT2D eigenvalue weighted by molar-refractivity contribution is -0.138. The number of aliphatic imine (C=N–C) groups is 1. The molecule has 0 aromatic carbocycles. The number of pyridine rings is 1. The molecule has 15 heteroatoms. The van der Waals surface area contributed by atoms with Crippen LogP contribution in [-0.4, -0.2) is 48.0 Å². The molecule has 0 radical (unpaired) electrons. The molecule has 0 aliphatic rings. The number of nitrogens with one attached hydrogen (secondary N) is 2. The third-order valence-electron chi connectivity index (χ3n) is 5.46. The van der Waals surface area contributed by atoms with Crippen LogP contribution in [-0.2, 0) is 29.4 Å². The fraction of sp³-hybridized carbons (Fsp3) is 0.333. The molecule has 0 aliphatic carbocycles. The summed E-state index contributed by atoms with van der Waals surface area (Å²) in [5, 5.41) is 5.24. The number of anilines is 2. The maximum Gasteiger partial charge on any atom is 0.418 e. The van der Waals surface area contributed by atoms with Crippen molar-refractivity contribution in [2.24, 2.45) is 12.0 Å². The quantitative estimate of drug-likeness (QED) is 0.409. The zero-order valence-corrected chi connectivity index (χ0v) is 21.6. The Kier molecular flexibility index (Phi) is 8.42. The molecule has 206 valence electrons. The fourth-order valence-electron chi connectivity index (χ4n) is 3.54. The van der Waals surface area contributed by atoms with E-state index in [4.69, 9.17) is 0 Å². The van der Waals surface area contributed by atoms with Crippen molar-refractivity contribution in [3.63, 3.8) is 0 Å². The smallest absolute Gasteiger partial charge is 0.366 e. The van der Waals surface area contributed by atoms with Gasteiger partial charge in [0.1, 0.15) is 23.3 Å². The van der Waals surface area contributed by atoms with Gasteiger partial charge in [-0.3, -0.25) is 28.5 Å². The minimum absolute atomic E-state index is 0.00603. The van der Waals surface area contributed by atoms with E-state index in [1.165, 1.54) is 52.5 Å². The summed E-state index contributed by atoms with van der Waals surface area (Å²) in [5.74, 6) is -1.27. The molecule has 3 rings (SSSR count). The second-order valence-electron chi connectivity index (χ2n) is 8.50. The molecule has 3 aromatic rings. The SMILES string of the molecule is CC=Nc1c(N[C@@H](C)C(=O)Nc2ccnc(-c3cnc(C)c(C(F)(F)F)c3)n2)c(=O)n(CC(C)=O)c(=O)n1C. The third kappa shape index (κ3) is 6.42. The Morgan fingerprint density at radius 3 is 2.54 bits per heavy atom. The van der Waals surface area contributed by atoms with Crippen molar-refractivity contribution in [1.29, 1.82) is 0 Å². The summed E-state index contributed by atoms with van der Waals surface area (Å²) in [6.45, 7) is 4.98. The molecule has 0 saturated carbocycles. The van der Waals surface area contributed by atoms with Gasteiger partial charge in [-0.05, 0) is 39.8 Å². The topological polar surface area (TPSA) is 153 Å². The molecule has 0 spiro atoms. The molecule has 3 aromatic heterocycles. The molecule has 0 aliphatic heterocycles. The predicted octanol–water partition coefficient (Wildman–Crippen LogP) is 2.48. The van der Waals surface area contributed by atoms with Gasteiger partial charge in [-0.1, -0.05) is 0 Å². The van der Waals surface area contributed by atoms with Crippen molar-refractivity contribution in [2.45, 2.75) is 46.5 Å². The Bertz CT molecular complexity index is 1580.